The molecular weight excluding hydrogens is 407 g/mol. The normalized spacial score (nSPS) is 16.9. The number of hydrogen-bond acceptors (Lipinski definition) is 5. The Morgan fingerprint density at radius 1 is 1.19 bits per heavy atom. The number of aromatic nitrogens is 4. The summed E-state index contributed by atoms with van der Waals surface area (Å²) < 4.78 is 16.9. The third-order valence-corrected chi connectivity index (χ3v) is 6.62. The van der Waals surface area contributed by atoms with Crippen molar-refractivity contribution in [2.45, 2.75) is 45.7 Å². The fourth-order valence-corrected chi connectivity index (χ4v) is 4.80. The molecule has 2 aliphatic rings. The van der Waals surface area contributed by atoms with Gasteiger partial charge in [-0.25, -0.2) is 9.67 Å². The summed E-state index contributed by atoms with van der Waals surface area (Å²) in [4.78, 5) is 22.9. The van der Waals surface area contributed by atoms with E-state index < -0.39 is 5.95 Å². The molecule has 4 heterocycles. The van der Waals surface area contributed by atoms with Crippen molar-refractivity contribution in [1.82, 2.24) is 24.6 Å². The lowest BCUT2D eigenvalue weighted by atomic mass is 9.89. The van der Waals surface area contributed by atoms with E-state index in [1.165, 1.54) is 10.9 Å². The molecule has 1 fully saturated rings. The van der Waals surface area contributed by atoms with Crippen molar-refractivity contribution in [1.29, 1.82) is 5.26 Å². The highest BCUT2D eigenvalue weighted by molar-refractivity contribution is 5.99. The first-order chi connectivity index (χ1) is 15.4. The lowest BCUT2D eigenvalue weighted by molar-refractivity contribution is 0.0816. The highest BCUT2D eigenvalue weighted by atomic mass is 19.1. The van der Waals surface area contributed by atoms with Crippen LogP contribution in [0.25, 0.3) is 22.4 Å². The standard InChI is InChI=1S/C24H23FN6O/c1-24(7-3-4-8-24)14-31-22(25)19(12-28-31)17-6-5-16(10-26)29-21(17)15-9-18-20(27-11-15)13-30(2)23(18)32/h5-6,9,11-12H,3-4,7-8,13-14H2,1-2H3. The second kappa shape index (κ2) is 7.52. The lowest BCUT2D eigenvalue weighted by Crippen LogP contribution is -2.21. The topological polar surface area (TPSA) is 87.7 Å². The maximum absolute atomic E-state index is 15.5. The molecule has 1 aliphatic carbocycles. The van der Waals surface area contributed by atoms with E-state index in [-0.39, 0.29) is 17.0 Å². The Kier molecular flexibility index (Phi) is 4.77. The molecule has 0 N–H and O–H groups in total. The van der Waals surface area contributed by atoms with Gasteiger partial charge in [-0.2, -0.15) is 14.8 Å². The predicted molar refractivity (Wildman–Crippen MR) is 116 cm³/mol. The molecule has 0 atom stereocenters. The van der Waals surface area contributed by atoms with Gasteiger partial charge in [-0.1, -0.05) is 19.8 Å². The molecule has 8 heteroatoms. The molecular formula is C24H23FN6O. The lowest BCUT2D eigenvalue weighted by Gasteiger charge is -2.23. The number of pyridine rings is 2. The number of rotatable bonds is 4. The fourth-order valence-electron chi connectivity index (χ4n) is 4.80. The van der Waals surface area contributed by atoms with E-state index in [1.807, 2.05) is 6.07 Å². The van der Waals surface area contributed by atoms with Gasteiger partial charge in [-0.3, -0.25) is 9.78 Å². The van der Waals surface area contributed by atoms with Crippen LogP contribution in [0.3, 0.4) is 0 Å². The van der Waals surface area contributed by atoms with E-state index >= 15 is 4.39 Å². The molecule has 32 heavy (non-hydrogen) atoms. The minimum atomic E-state index is -0.421. The van der Waals surface area contributed by atoms with Crippen LogP contribution in [0.4, 0.5) is 4.39 Å². The highest BCUT2D eigenvalue weighted by Gasteiger charge is 2.31. The van der Waals surface area contributed by atoms with Crippen LogP contribution in [-0.4, -0.2) is 37.6 Å². The molecule has 0 unspecified atom stereocenters. The quantitative estimate of drug-likeness (QED) is 0.620. The Hall–Kier alpha value is -3.60. The Morgan fingerprint density at radius 3 is 2.72 bits per heavy atom. The van der Waals surface area contributed by atoms with E-state index in [1.54, 1.807) is 36.3 Å². The summed E-state index contributed by atoms with van der Waals surface area (Å²) >= 11 is 0. The number of carbonyl (C=O) groups excluding carboxylic acids is 1. The zero-order valence-electron chi connectivity index (χ0n) is 18.1. The van der Waals surface area contributed by atoms with Gasteiger partial charge in [-0.15, -0.1) is 0 Å². The average molecular weight is 430 g/mol. The van der Waals surface area contributed by atoms with Crippen molar-refractivity contribution in [3.05, 3.63) is 53.5 Å². The van der Waals surface area contributed by atoms with Crippen molar-refractivity contribution in [3.8, 4) is 28.5 Å². The number of hydrogen-bond donors (Lipinski definition) is 0. The van der Waals surface area contributed by atoms with Gasteiger partial charge in [0.25, 0.3) is 5.91 Å². The summed E-state index contributed by atoms with van der Waals surface area (Å²) in [6.45, 7) is 3.16. The van der Waals surface area contributed by atoms with E-state index in [9.17, 15) is 10.1 Å². The van der Waals surface area contributed by atoms with Gasteiger partial charge < -0.3 is 4.90 Å². The Labute approximate surface area is 185 Å². The van der Waals surface area contributed by atoms with Crippen LogP contribution < -0.4 is 0 Å². The Balaban J connectivity index is 1.59. The van der Waals surface area contributed by atoms with E-state index in [0.29, 0.717) is 46.7 Å². The molecule has 0 spiro atoms. The van der Waals surface area contributed by atoms with Crippen molar-refractivity contribution in [2.75, 3.05) is 7.05 Å². The molecule has 0 radical (unpaired) electrons. The van der Waals surface area contributed by atoms with Crippen LogP contribution in [-0.2, 0) is 13.1 Å². The van der Waals surface area contributed by atoms with E-state index in [2.05, 4.69) is 22.0 Å². The molecule has 0 saturated heterocycles. The van der Waals surface area contributed by atoms with Crippen LogP contribution in [0.2, 0.25) is 0 Å². The first kappa shape index (κ1) is 20.3. The number of carbonyl (C=O) groups is 1. The van der Waals surface area contributed by atoms with Crippen LogP contribution >= 0.6 is 0 Å². The second-order valence-corrected chi connectivity index (χ2v) is 9.11. The van der Waals surface area contributed by atoms with Crippen molar-refractivity contribution in [3.63, 3.8) is 0 Å². The van der Waals surface area contributed by atoms with Gasteiger partial charge in [0.1, 0.15) is 11.8 Å². The zero-order valence-corrected chi connectivity index (χ0v) is 18.1. The van der Waals surface area contributed by atoms with E-state index in [4.69, 9.17) is 0 Å². The minimum absolute atomic E-state index is 0.0478. The van der Waals surface area contributed by atoms with Gasteiger partial charge in [0.15, 0.2) is 0 Å². The van der Waals surface area contributed by atoms with Crippen molar-refractivity contribution in [2.24, 2.45) is 5.41 Å². The summed E-state index contributed by atoms with van der Waals surface area (Å²) in [6, 6.07) is 7.01. The summed E-state index contributed by atoms with van der Waals surface area (Å²) in [5, 5.41) is 13.7. The van der Waals surface area contributed by atoms with Crippen molar-refractivity contribution >= 4 is 5.91 Å². The Bertz CT molecular complexity index is 1270. The summed E-state index contributed by atoms with van der Waals surface area (Å²) in [5.74, 6) is -0.535. The molecule has 5 rings (SSSR count). The summed E-state index contributed by atoms with van der Waals surface area (Å²) in [5.41, 5.74) is 3.27. The number of amides is 1. The molecule has 3 aromatic heterocycles. The van der Waals surface area contributed by atoms with Gasteiger partial charge in [0, 0.05) is 30.9 Å². The van der Waals surface area contributed by atoms with Crippen LogP contribution in [0.5, 0.6) is 0 Å². The SMILES string of the molecule is CN1Cc2ncc(-c3nc(C#N)ccc3-c3cnn(CC4(C)CCCC4)c3F)cc2C1=O. The van der Waals surface area contributed by atoms with Gasteiger partial charge >= 0.3 is 0 Å². The molecule has 1 saturated carbocycles. The molecule has 0 bridgehead atoms. The first-order valence-electron chi connectivity index (χ1n) is 10.8. The van der Waals surface area contributed by atoms with Crippen LogP contribution in [0.1, 0.15) is 54.4 Å². The van der Waals surface area contributed by atoms with Crippen molar-refractivity contribution < 1.29 is 9.18 Å². The Morgan fingerprint density at radius 2 is 1.97 bits per heavy atom. The average Bonchev–Trinajstić information content (AvgIpc) is 3.46. The minimum Gasteiger partial charge on any atom is -0.336 e. The molecule has 0 aromatic carbocycles. The monoisotopic (exact) mass is 430 g/mol. The van der Waals surface area contributed by atoms with Gasteiger partial charge in [0.05, 0.1) is 35.3 Å². The maximum atomic E-state index is 15.5. The largest absolute Gasteiger partial charge is 0.336 e. The molecule has 7 nitrogen and oxygen atoms in total. The zero-order chi connectivity index (χ0) is 22.5. The van der Waals surface area contributed by atoms with Gasteiger partial charge in [0.2, 0.25) is 5.95 Å². The fraction of sp³-hybridized carbons (Fsp3) is 0.375. The molecule has 1 aliphatic heterocycles. The maximum Gasteiger partial charge on any atom is 0.255 e. The molecule has 3 aromatic rings. The highest BCUT2D eigenvalue weighted by Crippen LogP contribution is 2.40. The molecule has 1 amide bonds. The predicted octanol–water partition coefficient (Wildman–Crippen LogP) is 4.18. The first-order valence-corrected chi connectivity index (χ1v) is 10.8. The summed E-state index contributed by atoms with van der Waals surface area (Å²) in [7, 11) is 1.72. The number of nitrogens with zero attached hydrogens (tertiary/aromatic N) is 6. The van der Waals surface area contributed by atoms with Crippen LogP contribution in [0, 0.1) is 22.7 Å². The third kappa shape index (κ3) is 3.34. The smallest absolute Gasteiger partial charge is 0.255 e. The number of nitriles is 1. The van der Waals surface area contributed by atoms with Crippen LogP contribution in [0.15, 0.2) is 30.6 Å². The number of halogens is 1. The summed E-state index contributed by atoms with van der Waals surface area (Å²) in [6.07, 6.45) is 7.59. The second-order valence-electron chi connectivity index (χ2n) is 9.11. The van der Waals surface area contributed by atoms with E-state index in [0.717, 1.165) is 25.7 Å². The molecule has 162 valence electrons. The number of fused-ring (bicyclic) bond motifs is 1. The third-order valence-electron chi connectivity index (χ3n) is 6.62. The van der Waals surface area contributed by atoms with Gasteiger partial charge in [-0.05, 0) is 36.5 Å².